The van der Waals surface area contributed by atoms with E-state index in [0.717, 1.165) is 127 Å². The lowest BCUT2D eigenvalue weighted by atomic mass is 10.0. The van der Waals surface area contributed by atoms with Crippen molar-refractivity contribution in [2.45, 2.75) is 104 Å². The monoisotopic (exact) mass is 1950 g/mol. The molecule has 2 fully saturated rings. The molecule has 21 aromatic rings. The average Bonchev–Trinajstić information content (AvgIpc) is 1.62. The summed E-state index contributed by atoms with van der Waals surface area (Å²) < 4.78 is 48.2. The minimum absolute atomic E-state index is 0.245. The molecule has 24 rings (SSSR count). The van der Waals surface area contributed by atoms with Crippen LogP contribution in [0.4, 0.5) is 34.5 Å². The highest BCUT2D eigenvalue weighted by Gasteiger charge is 2.30. The van der Waals surface area contributed by atoms with Gasteiger partial charge in [0.05, 0.1) is 82.6 Å². The number of furan rings is 2. The van der Waals surface area contributed by atoms with Crippen LogP contribution in [0.15, 0.2) is 299 Å². The van der Waals surface area contributed by atoms with Crippen molar-refractivity contribution in [1.82, 2.24) is 109 Å². The number of aryl methyl sites for hydroxylation is 4. The standard InChI is InChI=1S/C26H20N6O2.C24H20N6O2.C20H15N5O4.C19H21N5O.C18H17ClN4S/c1-33-26-23-24(31-32(25(23)28-16-29-26)19-11-13-27-14-12-19)30-18-7-4-8-20(15-18)34-22-10-3-6-17-5-2-9-21(17)22;1-2-19-21-22(26-16-11-13-18(14-12-16)32-20-10-6-7-15-25-20)29-30(17-8-4-3-5-9-17)23(21)28-24(31)27-19;1-26-20-17-18(24-25(13-8-10-27-11-13)19(17)21-12-22-20)23-14-5-2-3-6-15(14)29-16-7-4-9-28-16;1-11-6-5-7-13(10-11)16(20)17-15-12(2)21-19(25)22-18(15)24(23-17)14-8-3-4-9-14;1-11-5-4-6-12(9-11)16(24)15-14-10-20-18(19)21-17(14)23(22-15)13-7-2-3-8-13/h2-8,10-16H,9H2,1H3,(H,30,31);3-15H,2H2,1H3,(H,26,29)(H,27,28,31);2-12H,1H3,(H,23,24);5-7,10,14,20H,3-4,8-9H2,1-2H3,(H,21,22,25);4-6,9-10,13H,2-3,7-8H2,1H3. The normalized spacial score (nSPS) is 12.6. The number of H-pyrrole nitrogens is 2. The molecule has 35 nitrogen and oxygen atoms in total. The topological polar surface area (TPSA) is 416 Å². The van der Waals surface area contributed by atoms with Crippen molar-refractivity contribution >= 4 is 130 Å². The van der Waals surface area contributed by atoms with Crippen LogP contribution in [0.3, 0.4) is 0 Å². The van der Waals surface area contributed by atoms with Gasteiger partial charge >= 0.3 is 11.4 Å². The molecule has 0 spiro atoms. The van der Waals surface area contributed by atoms with Crippen molar-refractivity contribution in [2.75, 3.05) is 30.2 Å². The van der Waals surface area contributed by atoms with Crippen molar-refractivity contribution < 1.29 is 32.5 Å². The number of hydrogen-bond donors (Lipinski definition) is 6. The van der Waals surface area contributed by atoms with Gasteiger partial charge in [-0.15, -0.1) is 15.3 Å². The molecule has 2 saturated carbocycles. The van der Waals surface area contributed by atoms with Gasteiger partial charge in [0.25, 0.3) is 5.95 Å². The van der Waals surface area contributed by atoms with E-state index in [1.54, 1.807) is 96.1 Å². The Bertz CT molecular complexity index is 8390. The molecule has 6 N–H and O–H groups in total. The number of aromatic amines is 2. The molecule has 0 atom stereocenters. The van der Waals surface area contributed by atoms with Crippen molar-refractivity contribution in [3.05, 3.63) is 363 Å². The number of fused-ring (bicyclic) bond motifs is 6. The van der Waals surface area contributed by atoms with E-state index in [4.69, 9.17) is 82.1 Å². The van der Waals surface area contributed by atoms with Crippen LogP contribution in [0, 0.1) is 26.2 Å². The Morgan fingerprint density at radius 3 is 1.83 bits per heavy atom. The van der Waals surface area contributed by atoms with E-state index in [1.807, 2.05) is 206 Å². The Morgan fingerprint density at radius 1 is 0.514 bits per heavy atom. The molecule has 14 heterocycles. The largest absolute Gasteiger partial charge is 0.480 e. The number of thiocarbonyl (C=S) groups is 1. The summed E-state index contributed by atoms with van der Waals surface area (Å²) in [4.78, 5) is 72.9. The lowest BCUT2D eigenvalue weighted by Gasteiger charge is -2.12. The summed E-state index contributed by atoms with van der Waals surface area (Å²) in [6.07, 6.45) is 29.3. The maximum Gasteiger partial charge on any atom is 0.347 e. The number of benzene rings is 7. The zero-order chi connectivity index (χ0) is 98.7. The van der Waals surface area contributed by atoms with Crippen molar-refractivity contribution in [3.63, 3.8) is 0 Å². The molecule has 3 aliphatic carbocycles. The number of para-hydroxylation sites is 3. The van der Waals surface area contributed by atoms with Gasteiger partial charge in [-0.05, 0) is 179 Å². The second-order valence-corrected chi connectivity index (χ2v) is 34.7. The highest BCUT2D eigenvalue weighted by molar-refractivity contribution is 7.81. The summed E-state index contributed by atoms with van der Waals surface area (Å²) in [5, 5.41) is 46.5. The summed E-state index contributed by atoms with van der Waals surface area (Å²) in [7, 11) is 3.13. The van der Waals surface area contributed by atoms with E-state index < -0.39 is 5.69 Å². The second kappa shape index (κ2) is 42.3. The van der Waals surface area contributed by atoms with Gasteiger partial charge in [0, 0.05) is 82.9 Å². The number of nitrogens with zero attached hydrogens (tertiary/aromatic N) is 20. The van der Waals surface area contributed by atoms with Crippen LogP contribution in [-0.4, -0.2) is 134 Å². The first-order valence-corrected chi connectivity index (χ1v) is 47.4. The Labute approximate surface area is 832 Å². The summed E-state index contributed by atoms with van der Waals surface area (Å²) >= 11 is 11.8. The van der Waals surface area contributed by atoms with Crippen molar-refractivity contribution in [2.24, 2.45) is 0 Å². The van der Waals surface area contributed by atoms with Crippen LogP contribution in [0.5, 0.6) is 46.6 Å². The zero-order valence-corrected chi connectivity index (χ0v) is 80.3. The van der Waals surface area contributed by atoms with Crippen LogP contribution in [0.2, 0.25) is 5.28 Å². The molecular weight excluding hydrogens is 1860 g/mol. The number of allylic oxidation sites excluding steroid dienone is 1. The first-order chi connectivity index (χ1) is 70.5. The van der Waals surface area contributed by atoms with E-state index in [1.165, 1.54) is 55.0 Å². The molecule has 0 amide bonds. The molecule has 37 heteroatoms. The highest BCUT2D eigenvalue weighted by Crippen LogP contribution is 2.42. The van der Waals surface area contributed by atoms with Crippen molar-refractivity contribution in [3.8, 4) is 63.6 Å². The maximum atomic E-state index is 12.2. The average molecular weight is 1950 g/mol. The summed E-state index contributed by atoms with van der Waals surface area (Å²) in [5.41, 5.74) is 16.8. The van der Waals surface area contributed by atoms with Crippen LogP contribution < -0.4 is 51.0 Å². The Kier molecular flexibility index (Phi) is 27.5. The molecule has 14 aromatic heterocycles. The van der Waals surface area contributed by atoms with Gasteiger partial charge in [0.1, 0.15) is 64.0 Å². The maximum absolute atomic E-state index is 12.2. The van der Waals surface area contributed by atoms with Crippen LogP contribution >= 0.6 is 23.8 Å². The molecule has 0 saturated heterocycles. The third-order valence-corrected chi connectivity index (χ3v) is 25.0. The van der Waals surface area contributed by atoms with Gasteiger partial charge in [-0.25, -0.2) is 62.9 Å². The lowest BCUT2D eigenvalue weighted by Crippen LogP contribution is -2.15. The van der Waals surface area contributed by atoms with E-state index in [-0.39, 0.29) is 17.0 Å². The quantitative estimate of drug-likeness (QED) is 0.0142. The van der Waals surface area contributed by atoms with Gasteiger partial charge in [-0.3, -0.25) is 10.4 Å². The minimum atomic E-state index is -0.394. The Hall–Kier alpha value is -18.1. The number of methoxy groups -OCH3 is 2. The second-order valence-electron chi connectivity index (χ2n) is 33.9. The summed E-state index contributed by atoms with van der Waals surface area (Å²) in [6.45, 7) is 7.90. The molecule has 0 aliphatic heterocycles. The molecule has 0 bridgehead atoms. The smallest absolute Gasteiger partial charge is 0.347 e. The number of ether oxygens (including phenoxy) is 5. The molecule has 718 valence electrons. The number of pyridine rings is 2. The number of aromatic nitrogens is 22. The molecule has 144 heavy (non-hydrogen) atoms. The molecular formula is C107H93ClN26O9S. The predicted molar refractivity (Wildman–Crippen MR) is 554 cm³/mol. The van der Waals surface area contributed by atoms with Gasteiger partial charge in [0.15, 0.2) is 51.4 Å². The van der Waals surface area contributed by atoms with Gasteiger partial charge in [0.2, 0.25) is 22.9 Å². The molecule has 3 aliphatic rings. The van der Waals surface area contributed by atoms with E-state index >= 15 is 0 Å². The Balaban J connectivity index is 0.000000110. The number of rotatable bonds is 24. The van der Waals surface area contributed by atoms with E-state index in [0.29, 0.717) is 121 Å². The fraction of sp³-hybridized carbons (Fsp3) is 0.168. The summed E-state index contributed by atoms with van der Waals surface area (Å²) in [6, 6.07) is 69.7. The third kappa shape index (κ3) is 20.3. The Morgan fingerprint density at radius 2 is 1.14 bits per heavy atom. The number of nitrogens with one attached hydrogen (secondary N) is 6. The van der Waals surface area contributed by atoms with Gasteiger partial charge in [-0.2, -0.15) is 25.1 Å². The third-order valence-electron chi connectivity index (χ3n) is 24.4. The van der Waals surface area contributed by atoms with Gasteiger partial charge < -0.3 is 58.4 Å². The SMILES string of the molecule is CCc1[nH]c(=O)nc2c1c(Nc1ccc(Oc3ccccn3)cc1)nn2-c1ccccc1.COc1ncnc2c1c(Nc1cccc(Oc3cccc4c3CC=C4)c1)nn2-c1ccncc1.COc1ncnc2c1c(Nc1ccccc1Oc1ccco1)nn2-c1ccoc1.Cc1cccc(C(=N)c2nn(C3CCCC3)c3nc(=O)[nH]c(C)c23)c1.Cc1cccc(C(=S)c2nn(C3CCCC3)c3nc(Cl)ncc23)c1. The number of hydrogen-bond acceptors (Lipinski definition) is 29. The summed E-state index contributed by atoms with van der Waals surface area (Å²) in [5.74, 6) is 6.29. The first kappa shape index (κ1) is 93.6. The van der Waals surface area contributed by atoms with Crippen LogP contribution in [0.25, 0.3) is 78.3 Å². The fourth-order valence-electron chi connectivity index (χ4n) is 17.7. The molecule has 7 aromatic carbocycles. The van der Waals surface area contributed by atoms with Crippen LogP contribution in [0.1, 0.15) is 127 Å². The lowest BCUT2D eigenvalue weighted by molar-refractivity contribution is 0.348. The highest BCUT2D eigenvalue weighted by atomic mass is 35.5. The van der Waals surface area contributed by atoms with Crippen molar-refractivity contribution in [1.29, 1.82) is 5.41 Å². The van der Waals surface area contributed by atoms with E-state index in [9.17, 15) is 9.59 Å². The fourth-order valence-corrected chi connectivity index (χ4v) is 18.1. The van der Waals surface area contributed by atoms with Gasteiger partial charge in [-0.1, -0.05) is 165 Å². The predicted octanol–water partition coefficient (Wildman–Crippen LogP) is 22.4. The first-order valence-electron chi connectivity index (χ1n) is 46.6. The van der Waals surface area contributed by atoms with E-state index in [2.05, 4.69) is 118 Å². The molecule has 0 unspecified atom stereocenters. The zero-order valence-electron chi connectivity index (χ0n) is 78.8. The van der Waals surface area contributed by atoms with Crippen LogP contribution in [-0.2, 0) is 12.8 Å². The minimum Gasteiger partial charge on any atom is -0.480 e. The number of anilines is 6. The molecule has 0 radical (unpaired) electrons. The number of halogens is 1.